The van der Waals surface area contributed by atoms with Gasteiger partial charge >= 0.3 is 0 Å². The largest absolute Gasteiger partial charge is 0.505 e. The predicted octanol–water partition coefficient (Wildman–Crippen LogP) is 7.86. The monoisotopic (exact) mass is 505 g/mol. The fourth-order valence-electron chi connectivity index (χ4n) is 2.64. The van der Waals surface area contributed by atoms with Crippen molar-refractivity contribution in [1.29, 1.82) is 0 Å². The van der Waals surface area contributed by atoms with E-state index in [1.807, 2.05) is 0 Å². The van der Waals surface area contributed by atoms with Crippen LogP contribution in [0.3, 0.4) is 0 Å². The van der Waals surface area contributed by atoms with Crippen LogP contribution in [-0.2, 0) is 13.2 Å². The standard InChI is InChI=1S/C21H16Cl5NO3/c1-29-19-4-12(9-27-14-6-17(25)21(28)18(26)7-14)16(24)8-20(19)30-10-11-2-3-13(22)5-15(11)23/h2-8,27-28H,9-10H2,1H3. The van der Waals surface area contributed by atoms with Crippen LogP contribution >= 0.6 is 58.0 Å². The van der Waals surface area contributed by atoms with Gasteiger partial charge in [-0.15, -0.1) is 0 Å². The number of hydrogen-bond acceptors (Lipinski definition) is 4. The fourth-order valence-corrected chi connectivity index (χ4v) is 3.81. The normalized spacial score (nSPS) is 10.7. The zero-order valence-corrected chi connectivity index (χ0v) is 19.4. The molecule has 0 atom stereocenters. The first kappa shape index (κ1) is 23.0. The number of phenols is 1. The number of benzene rings is 3. The Morgan fingerprint density at radius 3 is 2.10 bits per heavy atom. The average Bonchev–Trinajstić information content (AvgIpc) is 2.70. The Kier molecular flexibility index (Phi) is 7.72. The van der Waals surface area contributed by atoms with E-state index in [9.17, 15) is 5.11 Å². The lowest BCUT2D eigenvalue weighted by molar-refractivity contribution is 0.284. The van der Waals surface area contributed by atoms with Crippen molar-refractivity contribution in [1.82, 2.24) is 0 Å². The first-order valence-electron chi connectivity index (χ1n) is 8.63. The number of phenolic OH excluding ortho intramolecular Hbond substituents is 1. The van der Waals surface area contributed by atoms with E-state index in [0.717, 1.165) is 11.1 Å². The number of methoxy groups -OCH3 is 1. The molecule has 0 unspecified atom stereocenters. The van der Waals surface area contributed by atoms with E-state index >= 15 is 0 Å². The number of anilines is 1. The number of ether oxygens (including phenoxy) is 2. The first-order chi connectivity index (χ1) is 14.3. The second kappa shape index (κ2) is 10.1. The molecule has 0 spiro atoms. The minimum atomic E-state index is -0.161. The third-order valence-corrected chi connectivity index (χ3v) is 5.75. The molecule has 3 rings (SSSR count). The van der Waals surface area contributed by atoms with Crippen LogP contribution in [0, 0.1) is 0 Å². The Hall–Kier alpha value is -1.69. The highest BCUT2D eigenvalue weighted by atomic mass is 35.5. The van der Waals surface area contributed by atoms with E-state index in [1.54, 1.807) is 49.6 Å². The summed E-state index contributed by atoms with van der Waals surface area (Å²) in [5, 5.41) is 14.7. The number of rotatable bonds is 7. The molecule has 0 radical (unpaired) electrons. The summed E-state index contributed by atoms with van der Waals surface area (Å²) in [6.45, 7) is 0.598. The predicted molar refractivity (Wildman–Crippen MR) is 124 cm³/mol. The Morgan fingerprint density at radius 1 is 0.800 bits per heavy atom. The molecule has 30 heavy (non-hydrogen) atoms. The number of aromatic hydroxyl groups is 1. The summed E-state index contributed by atoms with van der Waals surface area (Å²) < 4.78 is 11.3. The van der Waals surface area contributed by atoms with Crippen LogP contribution in [0.2, 0.25) is 25.1 Å². The second-order valence-corrected chi connectivity index (χ2v) is 8.33. The van der Waals surface area contributed by atoms with Crippen molar-refractivity contribution in [3.8, 4) is 17.2 Å². The Balaban J connectivity index is 1.75. The fraction of sp³-hybridized carbons (Fsp3) is 0.143. The first-order valence-corrected chi connectivity index (χ1v) is 10.5. The van der Waals surface area contributed by atoms with E-state index in [-0.39, 0.29) is 22.4 Å². The summed E-state index contributed by atoms with van der Waals surface area (Å²) >= 11 is 30.5. The second-order valence-electron chi connectivity index (χ2n) is 6.26. The summed E-state index contributed by atoms with van der Waals surface area (Å²) in [5.41, 5.74) is 2.19. The highest BCUT2D eigenvalue weighted by Crippen LogP contribution is 2.37. The molecule has 0 bridgehead atoms. The maximum Gasteiger partial charge on any atom is 0.163 e. The van der Waals surface area contributed by atoms with Gasteiger partial charge < -0.3 is 19.9 Å². The van der Waals surface area contributed by atoms with Gasteiger partial charge in [-0.25, -0.2) is 0 Å². The van der Waals surface area contributed by atoms with Gasteiger partial charge in [0.1, 0.15) is 6.61 Å². The molecule has 3 aromatic carbocycles. The summed E-state index contributed by atoms with van der Waals surface area (Å²) in [4.78, 5) is 0. The van der Waals surface area contributed by atoms with Gasteiger partial charge in [-0.2, -0.15) is 0 Å². The van der Waals surface area contributed by atoms with Gasteiger partial charge in [0.2, 0.25) is 0 Å². The molecular weight excluding hydrogens is 492 g/mol. The molecule has 3 aromatic rings. The molecule has 158 valence electrons. The molecule has 0 saturated heterocycles. The average molecular weight is 508 g/mol. The molecule has 9 heteroatoms. The van der Waals surface area contributed by atoms with Crippen LogP contribution < -0.4 is 14.8 Å². The quantitative estimate of drug-likeness (QED) is 0.320. The van der Waals surface area contributed by atoms with Crippen molar-refractivity contribution in [2.75, 3.05) is 12.4 Å². The maximum atomic E-state index is 9.66. The highest BCUT2D eigenvalue weighted by molar-refractivity contribution is 6.37. The van der Waals surface area contributed by atoms with E-state index < -0.39 is 0 Å². The van der Waals surface area contributed by atoms with Gasteiger partial charge in [0.05, 0.1) is 17.2 Å². The zero-order chi connectivity index (χ0) is 21.8. The van der Waals surface area contributed by atoms with E-state index in [2.05, 4.69) is 5.32 Å². The minimum absolute atomic E-state index is 0.151. The van der Waals surface area contributed by atoms with Crippen LogP contribution in [0.4, 0.5) is 5.69 Å². The molecule has 4 nitrogen and oxygen atoms in total. The molecule has 0 fully saturated rings. The molecule has 2 N–H and O–H groups in total. The van der Waals surface area contributed by atoms with Crippen molar-refractivity contribution in [3.63, 3.8) is 0 Å². The molecule has 0 aliphatic rings. The Bertz CT molecular complexity index is 1050. The minimum Gasteiger partial charge on any atom is -0.505 e. The summed E-state index contributed by atoms with van der Waals surface area (Å²) in [6, 6.07) is 11.8. The zero-order valence-electron chi connectivity index (χ0n) is 15.6. The third kappa shape index (κ3) is 5.51. The van der Waals surface area contributed by atoms with Crippen molar-refractivity contribution in [2.45, 2.75) is 13.2 Å². The van der Waals surface area contributed by atoms with E-state index in [1.165, 1.54) is 0 Å². The van der Waals surface area contributed by atoms with Crippen molar-refractivity contribution in [2.24, 2.45) is 0 Å². The van der Waals surface area contributed by atoms with E-state index in [0.29, 0.717) is 38.8 Å². The Labute approximate surface area is 199 Å². The highest BCUT2D eigenvalue weighted by Gasteiger charge is 2.13. The lowest BCUT2D eigenvalue weighted by Gasteiger charge is -2.15. The van der Waals surface area contributed by atoms with Crippen LogP contribution in [0.1, 0.15) is 11.1 Å². The van der Waals surface area contributed by atoms with Gasteiger partial charge in [0.25, 0.3) is 0 Å². The SMILES string of the molecule is COc1cc(CNc2cc(Cl)c(O)c(Cl)c2)c(Cl)cc1OCc1ccc(Cl)cc1Cl. The van der Waals surface area contributed by atoms with Crippen molar-refractivity contribution in [3.05, 3.63) is 78.7 Å². The smallest absolute Gasteiger partial charge is 0.163 e. The summed E-state index contributed by atoms with van der Waals surface area (Å²) in [5.74, 6) is 0.835. The Morgan fingerprint density at radius 2 is 1.47 bits per heavy atom. The third-order valence-electron chi connectivity index (χ3n) is 4.23. The maximum absolute atomic E-state index is 9.66. The van der Waals surface area contributed by atoms with E-state index in [4.69, 9.17) is 67.5 Å². The molecule has 0 heterocycles. The van der Waals surface area contributed by atoms with Gasteiger partial charge in [0.15, 0.2) is 17.2 Å². The lowest BCUT2D eigenvalue weighted by atomic mass is 10.2. The number of hydrogen-bond donors (Lipinski definition) is 2. The van der Waals surface area contributed by atoms with Crippen LogP contribution in [0.25, 0.3) is 0 Å². The van der Waals surface area contributed by atoms with Gasteiger partial charge in [0, 0.05) is 38.9 Å². The van der Waals surface area contributed by atoms with Gasteiger partial charge in [-0.3, -0.25) is 0 Å². The van der Waals surface area contributed by atoms with Crippen molar-refractivity contribution >= 4 is 63.7 Å². The number of halogens is 5. The summed E-state index contributed by atoms with van der Waals surface area (Å²) in [7, 11) is 1.54. The molecule has 0 aliphatic heterocycles. The number of nitrogens with one attached hydrogen (secondary N) is 1. The van der Waals surface area contributed by atoms with Gasteiger partial charge in [-0.05, 0) is 35.9 Å². The van der Waals surface area contributed by atoms with Crippen LogP contribution in [0.5, 0.6) is 17.2 Å². The van der Waals surface area contributed by atoms with Gasteiger partial charge in [-0.1, -0.05) is 64.1 Å². The molecular formula is C21H16Cl5NO3. The molecule has 0 aromatic heterocycles. The van der Waals surface area contributed by atoms with Crippen LogP contribution in [-0.4, -0.2) is 12.2 Å². The lowest BCUT2D eigenvalue weighted by Crippen LogP contribution is -2.03. The summed E-state index contributed by atoms with van der Waals surface area (Å²) in [6.07, 6.45) is 0. The van der Waals surface area contributed by atoms with Crippen LogP contribution in [0.15, 0.2) is 42.5 Å². The molecule has 0 saturated carbocycles. The van der Waals surface area contributed by atoms with Crippen molar-refractivity contribution < 1.29 is 14.6 Å². The molecule has 0 amide bonds. The molecule has 0 aliphatic carbocycles. The topological polar surface area (TPSA) is 50.7 Å².